The van der Waals surface area contributed by atoms with Gasteiger partial charge in [0.15, 0.2) is 0 Å². The van der Waals surface area contributed by atoms with Crippen molar-refractivity contribution in [2.75, 3.05) is 13.2 Å². The van der Waals surface area contributed by atoms with Gasteiger partial charge in [-0.05, 0) is 53.8 Å². The van der Waals surface area contributed by atoms with Gasteiger partial charge in [-0.3, -0.25) is 0 Å². The number of rotatable bonds is 6. The molecule has 0 unspecified atom stereocenters. The Morgan fingerprint density at radius 2 is 1.72 bits per heavy atom. The van der Waals surface area contributed by atoms with Gasteiger partial charge in [-0.25, -0.2) is 17.5 Å². The Bertz CT molecular complexity index is 825. The molecule has 2 aromatic rings. The van der Waals surface area contributed by atoms with E-state index in [0.29, 0.717) is 5.75 Å². The van der Waals surface area contributed by atoms with Gasteiger partial charge in [0.2, 0.25) is 10.0 Å². The van der Waals surface area contributed by atoms with Gasteiger partial charge in [0.05, 0.1) is 4.90 Å². The third kappa shape index (κ3) is 5.28. The molecule has 0 spiro atoms. The van der Waals surface area contributed by atoms with Gasteiger partial charge >= 0.3 is 0 Å². The van der Waals surface area contributed by atoms with Crippen LogP contribution in [0.15, 0.2) is 47.4 Å². The second-order valence-electron chi connectivity index (χ2n) is 6.93. The molecule has 0 aromatic heterocycles. The van der Waals surface area contributed by atoms with Gasteiger partial charge < -0.3 is 4.74 Å². The highest BCUT2D eigenvalue weighted by atomic mass is 32.2. The van der Waals surface area contributed by atoms with Crippen molar-refractivity contribution >= 4 is 10.0 Å². The highest BCUT2D eigenvalue weighted by Gasteiger charge is 2.15. The van der Waals surface area contributed by atoms with Crippen LogP contribution in [0.1, 0.15) is 31.9 Å². The van der Waals surface area contributed by atoms with Crippen LogP contribution >= 0.6 is 0 Å². The quantitative estimate of drug-likeness (QED) is 0.793. The van der Waals surface area contributed by atoms with Crippen molar-refractivity contribution in [3.05, 3.63) is 59.4 Å². The Morgan fingerprint density at radius 1 is 1.08 bits per heavy atom. The standard InChI is InChI=1S/C19H24FNO3S/c1-14-13-17(9-10-18(14)20)25(22,23)21-11-12-24-16-7-5-15(6-8-16)19(2,3)4/h5-10,13,21H,11-12H2,1-4H3. The lowest BCUT2D eigenvalue weighted by Crippen LogP contribution is -2.28. The molecule has 0 atom stereocenters. The molecule has 0 saturated heterocycles. The minimum absolute atomic E-state index is 0.0425. The molecule has 136 valence electrons. The van der Waals surface area contributed by atoms with E-state index in [1.54, 1.807) is 0 Å². The third-order valence-electron chi connectivity index (χ3n) is 3.82. The zero-order valence-corrected chi connectivity index (χ0v) is 15.8. The van der Waals surface area contributed by atoms with Crippen molar-refractivity contribution < 1.29 is 17.5 Å². The summed E-state index contributed by atoms with van der Waals surface area (Å²) in [6, 6.07) is 11.5. The van der Waals surface area contributed by atoms with E-state index in [-0.39, 0.29) is 29.0 Å². The lowest BCUT2D eigenvalue weighted by molar-refractivity contribution is 0.322. The van der Waals surface area contributed by atoms with Crippen LogP contribution in [0, 0.1) is 12.7 Å². The second kappa shape index (κ2) is 7.54. The molecular weight excluding hydrogens is 341 g/mol. The molecule has 0 aliphatic rings. The fourth-order valence-electron chi connectivity index (χ4n) is 2.26. The first-order valence-electron chi connectivity index (χ1n) is 8.09. The maximum Gasteiger partial charge on any atom is 0.240 e. The molecule has 0 saturated carbocycles. The minimum atomic E-state index is -3.68. The van der Waals surface area contributed by atoms with Gasteiger partial charge in [-0.15, -0.1) is 0 Å². The molecule has 0 fully saturated rings. The van der Waals surface area contributed by atoms with E-state index >= 15 is 0 Å². The van der Waals surface area contributed by atoms with E-state index < -0.39 is 15.8 Å². The third-order valence-corrected chi connectivity index (χ3v) is 5.28. The van der Waals surface area contributed by atoms with Crippen LogP contribution in [0.2, 0.25) is 0 Å². The molecule has 0 heterocycles. The lowest BCUT2D eigenvalue weighted by Gasteiger charge is -2.19. The molecule has 1 N–H and O–H groups in total. The summed E-state index contributed by atoms with van der Waals surface area (Å²) in [6.07, 6.45) is 0. The number of hydrogen-bond acceptors (Lipinski definition) is 3. The van der Waals surface area contributed by atoms with Crippen molar-refractivity contribution in [3.8, 4) is 5.75 Å². The number of hydrogen-bond donors (Lipinski definition) is 1. The molecule has 0 radical (unpaired) electrons. The van der Waals surface area contributed by atoms with Crippen LogP contribution in [0.3, 0.4) is 0 Å². The molecule has 4 nitrogen and oxygen atoms in total. The predicted octanol–water partition coefficient (Wildman–Crippen LogP) is 3.79. The van der Waals surface area contributed by atoms with E-state index in [9.17, 15) is 12.8 Å². The lowest BCUT2D eigenvalue weighted by atomic mass is 9.87. The Hall–Kier alpha value is -1.92. The number of halogens is 1. The molecule has 0 bridgehead atoms. The summed E-state index contributed by atoms with van der Waals surface area (Å²) in [4.78, 5) is 0.0425. The second-order valence-corrected chi connectivity index (χ2v) is 8.70. The highest BCUT2D eigenvalue weighted by molar-refractivity contribution is 7.89. The smallest absolute Gasteiger partial charge is 0.240 e. The van der Waals surface area contributed by atoms with E-state index in [2.05, 4.69) is 25.5 Å². The SMILES string of the molecule is Cc1cc(S(=O)(=O)NCCOc2ccc(C(C)(C)C)cc2)ccc1F. The zero-order valence-electron chi connectivity index (χ0n) is 15.0. The van der Waals surface area contributed by atoms with Crippen molar-refractivity contribution in [1.82, 2.24) is 4.72 Å². The van der Waals surface area contributed by atoms with Gasteiger partial charge in [0.25, 0.3) is 0 Å². The van der Waals surface area contributed by atoms with Crippen LogP contribution in [-0.4, -0.2) is 21.6 Å². The van der Waals surface area contributed by atoms with Gasteiger partial charge in [-0.2, -0.15) is 0 Å². The van der Waals surface area contributed by atoms with Crippen molar-refractivity contribution in [3.63, 3.8) is 0 Å². The van der Waals surface area contributed by atoms with Gasteiger partial charge in [0.1, 0.15) is 18.2 Å². The van der Waals surface area contributed by atoms with Crippen molar-refractivity contribution in [2.24, 2.45) is 0 Å². The van der Waals surface area contributed by atoms with Crippen LogP contribution in [-0.2, 0) is 15.4 Å². The Balaban J connectivity index is 1.89. The first kappa shape index (κ1) is 19.4. The molecule has 0 aliphatic heterocycles. The topological polar surface area (TPSA) is 55.4 Å². The highest BCUT2D eigenvalue weighted by Crippen LogP contribution is 2.24. The number of nitrogens with one attached hydrogen (secondary N) is 1. The molecule has 2 aromatic carbocycles. The average molecular weight is 365 g/mol. The van der Waals surface area contributed by atoms with Gasteiger partial charge in [-0.1, -0.05) is 32.9 Å². The summed E-state index contributed by atoms with van der Waals surface area (Å²) < 4.78 is 45.6. The summed E-state index contributed by atoms with van der Waals surface area (Å²) in [7, 11) is -3.68. The molecule has 0 amide bonds. The molecule has 6 heteroatoms. The number of ether oxygens (including phenoxy) is 1. The number of aryl methyl sites for hydroxylation is 1. The maximum atomic E-state index is 13.2. The summed E-state index contributed by atoms with van der Waals surface area (Å²) in [6.45, 7) is 8.26. The Morgan fingerprint density at radius 3 is 2.28 bits per heavy atom. The summed E-state index contributed by atoms with van der Waals surface area (Å²) in [5, 5.41) is 0. The molecule has 2 rings (SSSR count). The van der Waals surface area contributed by atoms with Gasteiger partial charge in [0, 0.05) is 6.54 Å². The fraction of sp³-hybridized carbons (Fsp3) is 0.368. The Kier molecular flexibility index (Phi) is 5.85. The van der Waals surface area contributed by atoms with E-state index in [1.165, 1.54) is 24.6 Å². The first-order chi connectivity index (χ1) is 11.6. The average Bonchev–Trinajstić information content (AvgIpc) is 2.53. The summed E-state index contributed by atoms with van der Waals surface area (Å²) >= 11 is 0. The van der Waals surface area contributed by atoms with E-state index in [1.807, 2.05) is 24.3 Å². The minimum Gasteiger partial charge on any atom is -0.492 e. The monoisotopic (exact) mass is 365 g/mol. The largest absolute Gasteiger partial charge is 0.492 e. The molecular formula is C19H24FNO3S. The first-order valence-corrected chi connectivity index (χ1v) is 9.57. The van der Waals surface area contributed by atoms with E-state index in [0.717, 1.165) is 6.07 Å². The fourth-order valence-corrected chi connectivity index (χ4v) is 3.36. The van der Waals surface area contributed by atoms with Crippen molar-refractivity contribution in [2.45, 2.75) is 38.0 Å². The normalized spacial score (nSPS) is 12.2. The molecule has 0 aliphatic carbocycles. The zero-order chi connectivity index (χ0) is 18.7. The summed E-state index contributed by atoms with van der Waals surface area (Å²) in [5.74, 6) is 0.255. The van der Waals surface area contributed by atoms with Crippen LogP contribution in [0.25, 0.3) is 0 Å². The Labute approximate surface area is 149 Å². The van der Waals surface area contributed by atoms with Crippen LogP contribution in [0.5, 0.6) is 5.75 Å². The summed E-state index contributed by atoms with van der Waals surface area (Å²) in [5.41, 5.74) is 1.56. The van der Waals surface area contributed by atoms with Crippen molar-refractivity contribution in [1.29, 1.82) is 0 Å². The maximum absolute atomic E-state index is 13.2. The van der Waals surface area contributed by atoms with Crippen LogP contribution in [0.4, 0.5) is 4.39 Å². The van der Waals surface area contributed by atoms with Crippen LogP contribution < -0.4 is 9.46 Å². The van der Waals surface area contributed by atoms with E-state index in [4.69, 9.17) is 4.74 Å². The molecule has 25 heavy (non-hydrogen) atoms. The number of benzene rings is 2. The number of sulfonamides is 1. The predicted molar refractivity (Wildman–Crippen MR) is 97.0 cm³/mol.